The van der Waals surface area contributed by atoms with E-state index in [9.17, 15) is 8.42 Å². The molecular weight excluding hydrogens is 408 g/mol. The summed E-state index contributed by atoms with van der Waals surface area (Å²) in [5.41, 5.74) is 4.14. The van der Waals surface area contributed by atoms with Gasteiger partial charge in [0.25, 0.3) is 0 Å². The van der Waals surface area contributed by atoms with Crippen LogP contribution in [-0.2, 0) is 9.84 Å². The smallest absolute Gasteiger partial charge is 0.185 e. The Morgan fingerprint density at radius 1 is 0.935 bits per heavy atom. The van der Waals surface area contributed by atoms with E-state index in [2.05, 4.69) is 26.8 Å². The summed E-state index contributed by atoms with van der Waals surface area (Å²) in [4.78, 5) is 0.320. The molecule has 0 saturated heterocycles. The maximum atomic E-state index is 13.6. The topological polar surface area (TPSA) is 52.6 Å². The third-order valence-electron chi connectivity index (χ3n) is 5.24. The average Bonchev–Trinajstić information content (AvgIpc) is 2.73. The second kappa shape index (κ2) is 11.2. The van der Waals surface area contributed by atoms with Crippen LogP contribution in [0.15, 0.2) is 70.7 Å². The van der Waals surface area contributed by atoms with Crippen molar-refractivity contribution in [1.29, 1.82) is 0 Å². The van der Waals surface area contributed by atoms with E-state index in [4.69, 9.17) is 9.47 Å². The fourth-order valence-electron chi connectivity index (χ4n) is 3.35. The van der Waals surface area contributed by atoms with Gasteiger partial charge in [0, 0.05) is 6.07 Å². The van der Waals surface area contributed by atoms with Crippen LogP contribution >= 0.6 is 0 Å². The molecule has 0 saturated carbocycles. The zero-order valence-electron chi connectivity index (χ0n) is 19.4. The molecule has 1 atom stereocenters. The molecule has 0 radical (unpaired) electrons. The van der Waals surface area contributed by atoms with Crippen LogP contribution in [-0.4, -0.2) is 22.6 Å². The van der Waals surface area contributed by atoms with Crippen molar-refractivity contribution in [3.05, 3.63) is 76.9 Å². The number of allylic oxidation sites excluding steroid dienone is 4. The maximum absolute atomic E-state index is 13.6. The van der Waals surface area contributed by atoms with Gasteiger partial charge in [0.2, 0.25) is 0 Å². The van der Waals surface area contributed by atoms with Crippen molar-refractivity contribution < 1.29 is 17.9 Å². The van der Waals surface area contributed by atoms with E-state index in [0.717, 1.165) is 18.4 Å². The van der Waals surface area contributed by atoms with Crippen molar-refractivity contribution in [3.63, 3.8) is 0 Å². The Hall–Kier alpha value is -2.53. The number of benzene rings is 2. The molecule has 0 aromatic heterocycles. The Labute approximate surface area is 187 Å². The minimum Gasteiger partial charge on any atom is -0.497 e. The van der Waals surface area contributed by atoms with E-state index in [1.54, 1.807) is 44.6 Å². The average molecular weight is 443 g/mol. The van der Waals surface area contributed by atoms with E-state index >= 15 is 0 Å². The van der Waals surface area contributed by atoms with Crippen molar-refractivity contribution in [2.75, 3.05) is 14.2 Å². The second-order valence-corrected chi connectivity index (χ2v) is 10.2. The van der Waals surface area contributed by atoms with E-state index in [-0.39, 0.29) is 0 Å². The number of aryl methyl sites for hydroxylation is 1. The summed E-state index contributed by atoms with van der Waals surface area (Å²) in [6, 6.07) is 12.3. The van der Waals surface area contributed by atoms with E-state index in [1.807, 2.05) is 25.1 Å². The van der Waals surface area contributed by atoms with Crippen molar-refractivity contribution in [2.45, 2.75) is 57.1 Å². The maximum Gasteiger partial charge on any atom is 0.185 e. The number of sulfone groups is 1. The molecule has 2 rings (SSSR count). The Balaban J connectivity index is 2.47. The highest BCUT2D eigenvalue weighted by atomic mass is 32.2. The first-order valence-corrected chi connectivity index (χ1v) is 12.0. The molecule has 2 aromatic rings. The van der Waals surface area contributed by atoms with Gasteiger partial charge in [-0.15, -0.1) is 0 Å². The van der Waals surface area contributed by atoms with Crippen molar-refractivity contribution in [1.82, 2.24) is 0 Å². The van der Waals surface area contributed by atoms with Gasteiger partial charge in [-0.3, -0.25) is 0 Å². The van der Waals surface area contributed by atoms with Crippen LogP contribution in [0.2, 0.25) is 0 Å². The standard InChI is InChI=1S/C26H34O4S/c1-19(2)8-7-9-20(3)12-15-26(22-16-23(29-5)18-24(17-22)30-6)31(27,28)25-13-10-21(4)11-14-25/h8,10-14,16-18,26H,7,9,15H2,1-6H3/b20-12+. The quantitative estimate of drug-likeness (QED) is 0.389. The Bertz CT molecular complexity index is 1010. The highest BCUT2D eigenvalue weighted by molar-refractivity contribution is 7.91. The van der Waals surface area contributed by atoms with Gasteiger partial charge >= 0.3 is 0 Å². The van der Waals surface area contributed by atoms with Crippen molar-refractivity contribution >= 4 is 9.84 Å². The number of hydrogen-bond acceptors (Lipinski definition) is 4. The fraction of sp³-hybridized carbons (Fsp3) is 0.385. The molecule has 4 nitrogen and oxygen atoms in total. The summed E-state index contributed by atoms with van der Waals surface area (Å²) < 4.78 is 38.0. The van der Waals surface area contributed by atoms with Gasteiger partial charge in [-0.05, 0) is 76.8 Å². The lowest BCUT2D eigenvalue weighted by molar-refractivity contribution is 0.393. The fourth-order valence-corrected chi connectivity index (χ4v) is 5.04. The van der Waals surface area contributed by atoms with Crippen LogP contribution in [0.4, 0.5) is 0 Å². The number of methoxy groups -OCH3 is 2. The SMILES string of the molecule is COc1cc(OC)cc(C(C/C=C(\C)CCC=C(C)C)S(=O)(=O)c2ccc(C)cc2)c1. The first-order chi connectivity index (χ1) is 14.7. The zero-order chi connectivity index (χ0) is 23.0. The number of rotatable bonds is 10. The predicted octanol–water partition coefficient (Wildman–Crippen LogP) is 6.61. The third-order valence-corrected chi connectivity index (χ3v) is 7.38. The summed E-state index contributed by atoms with van der Waals surface area (Å²) >= 11 is 0. The molecule has 0 spiro atoms. The van der Waals surface area contributed by atoms with Gasteiger partial charge in [-0.1, -0.05) is 41.0 Å². The van der Waals surface area contributed by atoms with Crippen LogP contribution in [0.1, 0.15) is 56.4 Å². The van der Waals surface area contributed by atoms with Crippen LogP contribution in [0.5, 0.6) is 11.5 Å². The van der Waals surface area contributed by atoms with Crippen LogP contribution < -0.4 is 9.47 Å². The third kappa shape index (κ3) is 7.00. The second-order valence-electron chi connectivity index (χ2n) is 8.10. The Morgan fingerprint density at radius 2 is 1.52 bits per heavy atom. The molecule has 5 heteroatoms. The molecule has 0 aliphatic heterocycles. The van der Waals surface area contributed by atoms with E-state index < -0.39 is 15.1 Å². The van der Waals surface area contributed by atoms with Gasteiger partial charge < -0.3 is 9.47 Å². The first kappa shape index (κ1) is 24.7. The molecule has 0 aliphatic rings. The monoisotopic (exact) mass is 442 g/mol. The summed E-state index contributed by atoms with van der Waals surface area (Å²) in [7, 11) is -0.488. The highest BCUT2D eigenvalue weighted by Gasteiger charge is 2.29. The first-order valence-electron chi connectivity index (χ1n) is 10.5. The van der Waals surface area contributed by atoms with Crippen LogP contribution in [0.3, 0.4) is 0 Å². The Morgan fingerprint density at radius 3 is 2.03 bits per heavy atom. The van der Waals surface area contributed by atoms with Gasteiger partial charge in [-0.25, -0.2) is 8.42 Å². The number of ether oxygens (including phenoxy) is 2. The summed E-state index contributed by atoms with van der Waals surface area (Å²) in [5.74, 6) is 1.14. The van der Waals surface area contributed by atoms with Gasteiger partial charge in [0.05, 0.1) is 24.4 Å². The molecule has 0 aliphatic carbocycles. The lowest BCUT2D eigenvalue weighted by Gasteiger charge is -2.19. The lowest BCUT2D eigenvalue weighted by atomic mass is 10.0. The molecule has 0 N–H and O–H groups in total. The molecule has 0 fully saturated rings. The molecule has 168 valence electrons. The normalized spacial score (nSPS) is 12.9. The highest BCUT2D eigenvalue weighted by Crippen LogP contribution is 2.36. The predicted molar refractivity (Wildman–Crippen MR) is 128 cm³/mol. The van der Waals surface area contributed by atoms with Crippen molar-refractivity contribution in [3.8, 4) is 11.5 Å². The molecule has 31 heavy (non-hydrogen) atoms. The minimum atomic E-state index is -3.62. The summed E-state index contributed by atoms with van der Waals surface area (Å²) in [6.45, 7) is 8.17. The molecular formula is C26H34O4S. The minimum absolute atomic E-state index is 0.320. The van der Waals surface area contributed by atoms with Gasteiger partial charge in [-0.2, -0.15) is 0 Å². The molecule has 1 unspecified atom stereocenters. The van der Waals surface area contributed by atoms with Gasteiger partial charge in [0.15, 0.2) is 9.84 Å². The molecule has 0 bridgehead atoms. The zero-order valence-corrected chi connectivity index (χ0v) is 20.3. The van der Waals surface area contributed by atoms with Crippen LogP contribution in [0, 0.1) is 6.92 Å². The van der Waals surface area contributed by atoms with Gasteiger partial charge in [0.1, 0.15) is 11.5 Å². The molecule has 0 amide bonds. The molecule has 0 heterocycles. The van der Waals surface area contributed by atoms with Crippen molar-refractivity contribution in [2.24, 2.45) is 0 Å². The number of hydrogen-bond donors (Lipinski definition) is 0. The summed E-state index contributed by atoms with van der Waals surface area (Å²) in [6.07, 6.45) is 6.48. The van der Waals surface area contributed by atoms with Crippen LogP contribution in [0.25, 0.3) is 0 Å². The summed E-state index contributed by atoms with van der Waals surface area (Å²) in [5, 5.41) is -0.738. The van der Waals surface area contributed by atoms with E-state index in [1.165, 1.54) is 11.1 Å². The molecule has 2 aromatic carbocycles. The largest absolute Gasteiger partial charge is 0.497 e. The lowest BCUT2D eigenvalue weighted by Crippen LogP contribution is -2.14. The Kier molecular flexibility index (Phi) is 8.93. The van der Waals surface area contributed by atoms with E-state index in [0.29, 0.717) is 28.4 Å².